The maximum absolute atomic E-state index is 12.2. The van der Waals surface area contributed by atoms with Crippen LogP contribution in [0.2, 0.25) is 0 Å². The normalized spacial score (nSPS) is 11.4. The van der Waals surface area contributed by atoms with Crippen LogP contribution in [-0.4, -0.2) is 33.4 Å². The van der Waals surface area contributed by atoms with Crippen molar-refractivity contribution in [3.05, 3.63) is 54.0 Å². The lowest BCUT2D eigenvalue weighted by Crippen LogP contribution is -2.31. The first-order valence-electron chi connectivity index (χ1n) is 8.34. The second-order valence-corrected chi connectivity index (χ2v) is 7.97. The van der Waals surface area contributed by atoms with E-state index in [9.17, 15) is 18.0 Å². The summed E-state index contributed by atoms with van der Waals surface area (Å²) >= 11 is 0. The van der Waals surface area contributed by atoms with Crippen LogP contribution >= 0.6 is 0 Å². The van der Waals surface area contributed by atoms with E-state index in [-0.39, 0.29) is 17.0 Å². The molecule has 0 bridgehead atoms. The van der Waals surface area contributed by atoms with E-state index >= 15 is 0 Å². The summed E-state index contributed by atoms with van der Waals surface area (Å²) in [5.74, 6) is -0.324. The fourth-order valence-electron chi connectivity index (χ4n) is 2.02. The molecule has 0 saturated carbocycles. The molecule has 27 heavy (non-hydrogen) atoms. The molecule has 0 fully saturated rings. The molecular weight excluding hydrogens is 372 g/mol. The standard InChI is InChI=1S/C18H22N2O6S/c1-13(2)10-19-17(21)12-26-18(22)14-5-7-16(8-6-14)27(23,24)20-11-15-4-3-9-25-15/h3-9,13,20H,10-12H2,1-2H3,(H,19,21). The minimum absolute atomic E-state index is 0.000262. The molecule has 9 heteroatoms. The van der Waals surface area contributed by atoms with Crippen molar-refractivity contribution >= 4 is 21.9 Å². The van der Waals surface area contributed by atoms with Crippen molar-refractivity contribution < 1.29 is 27.2 Å². The van der Waals surface area contributed by atoms with Crippen molar-refractivity contribution in [3.63, 3.8) is 0 Å². The van der Waals surface area contributed by atoms with Crippen molar-refractivity contribution in [2.24, 2.45) is 5.92 Å². The number of benzene rings is 1. The molecule has 0 aliphatic rings. The smallest absolute Gasteiger partial charge is 0.338 e. The van der Waals surface area contributed by atoms with E-state index in [0.717, 1.165) is 0 Å². The summed E-state index contributed by atoms with van der Waals surface area (Å²) < 4.78 is 36.8. The van der Waals surface area contributed by atoms with E-state index in [1.807, 2.05) is 13.8 Å². The van der Waals surface area contributed by atoms with Crippen molar-refractivity contribution in [3.8, 4) is 0 Å². The molecule has 2 N–H and O–H groups in total. The summed E-state index contributed by atoms with van der Waals surface area (Å²) in [5, 5.41) is 2.63. The van der Waals surface area contributed by atoms with Gasteiger partial charge in [-0.25, -0.2) is 17.9 Å². The van der Waals surface area contributed by atoms with Crippen LogP contribution in [0.3, 0.4) is 0 Å². The van der Waals surface area contributed by atoms with Gasteiger partial charge < -0.3 is 14.5 Å². The van der Waals surface area contributed by atoms with Crippen molar-refractivity contribution in [2.75, 3.05) is 13.2 Å². The van der Waals surface area contributed by atoms with Gasteiger partial charge in [0.15, 0.2) is 6.61 Å². The number of carbonyl (C=O) groups is 2. The van der Waals surface area contributed by atoms with Gasteiger partial charge in [-0.15, -0.1) is 0 Å². The van der Waals surface area contributed by atoms with Crippen LogP contribution in [0.25, 0.3) is 0 Å². The van der Waals surface area contributed by atoms with Crippen LogP contribution < -0.4 is 10.0 Å². The van der Waals surface area contributed by atoms with Gasteiger partial charge in [-0.05, 0) is 42.3 Å². The van der Waals surface area contributed by atoms with Gasteiger partial charge in [0, 0.05) is 6.54 Å². The third-order valence-electron chi connectivity index (χ3n) is 3.46. The number of carbonyl (C=O) groups excluding carboxylic acids is 2. The Bertz CT molecular complexity index is 858. The van der Waals surface area contributed by atoms with Crippen LogP contribution in [0.5, 0.6) is 0 Å². The fourth-order valence-corrected chi connectivity index (χ4v) is 3.01. The minimum atomic E-state index is -3.75. The van der Waals surface area contributed by atoms with Crippen molar-refractivity contribution in [1.82, 2.24) is 10.0 Å². The number of sulfonamides is 1. The number of amides is 1. The largest absolute Gasteiger partial charge is 0.468 e. The summed E-state index contributed by atoms with van der Waals surface area (Å²) in [6.07, 6.45) is 1.45. The lowest BCUT2D eigenvalue weighted by atomic mass is 10.2. The van der Waals surface area contributed by atoms with Gasteiger partial charge >= 0.3 is 5.97 Å². The average molecular weight is 394 g/mol. The molecule has 0 spiro atoms. The van der Waals surface area contributed by atoms with E-state index in [1.165, 1.54) is 30.5 Å². The molecule has 8 nitrogen and oxygen atoms in total. The SMILES string of the molecule is CC(C)CNC(=O)COC(=O)c1ccc(S(=O)(=O)NCc2ccco2)cc1. The van der Waals surface area contributed by atoms with E-state index < -0.39 is 28.5 Å². The molecule has 0 saturated heterocycles. The van der Waals surface area contributed by atoms with Crippen LogP contribution in [0.15, 0.2) is 52.0 Å². The highest BCUT2D eigenvalue weighted by Crippen LogP contribution is 2.12. The topological polar surface area (TPSA) is 115 Å². The quantitative estimate of drug-likeness (QED) is 0.626. The Morgan fingerprint density at radius 3 is 2.44 bits per heavy atom. The number of hydrogen-bond acceptors (Lipinski definition) is 6. The summed E-state index contributed by atoms with van der Waals surface area (Å²) in [4.78, 5) is 23.5. The number of nitrogens with one attached hydrogen (secondary N) is 2. The van der Waals surface area contributed by atoms with E-state index in [1.54, 1.807) is 12.1 Å². The van der Waals surface area contributed by atoms with Gasteiger partial charge in [-0.2, -0.15) is 0 Å². The minimum Gasteiger partial charge on any atom is -0.468 e. The molecule has 146 valence electrons. The number of hydrogen-bond donors (Lipinski definition) is 2. The molecular formula is C18H22N2O6S. The lowest BCUT2D eigenvalue weighted by Gasteiger charge is -2.09. The second-order valence-electron chi connectivity index (χ2n) is 6.20. The first kappa shape index (κ1) is 20.7. The maximum atomic E-state index is 12.2. The molecule has 2 rings (SSSR count). The van der Waals surface area contributed by atoms with Gasteiger partial charge in [0.2, 0.25) is 10.0 Å². The summed E-state index contributed by atoms with van der Waals surface area (Å²) in [7, 11) is -3.75. The monoisotopic (exact) mass is 394 g/mol. The van der Waals surface area contributed by atoms with Crippen molar-refractivity contribution in [1.29, 1.82) is 0 Å². The first-order valence-corrected chi connectivity index (χ1v) is 9.82. The average Bonchev–Trinajstić information content (AvgIpc) is 3.16. The van der Waals surface area contributed by atoms with Gasteiger partial charge in [0.05, 0.1) is 23.3 Å². The Balaban J connectivity index is 1.89. The van der Waals surface area contributed by atoms with Crippen molar-refractivity contribution in [2.45, 2.75) is 25.3 Å². The highest BCUT2D eigenvalue weighted by atomic mass is 32.2. The van der Waals surface area contributed by atoms with E-state index in [0.29, 0.717) is 18.2 Å². The Labute approximate surface area is 157 Å². The molecule has 1 amide bonds. The van der Waals surface area contributed by atoms with Crippen LogP contribution in [0, 0.1) is 5.92 Å². The number of ether oxygens (including phenoxy) is 1. The second kappa shape index (κ2) is 9.33. The zero-order valence-electron chi connectivity index (χ0n) is 15.1. The fraction of sp³-hybridized carbons (Fsp3) is 0.333. The molecule has 0 aliphatic heterocycles. The molecule has 0 radical (unpaired) electrons. The molecule has 0 aliphatic carbocycles. The third-order valence-corrected chi connectivity index (χ3v) is 4.88. The zero-order valence-corrected chi connectivity index (χ0v) is 15.9. The molecule has 1 heterocycles. The Hall–Kier alpha value is -2.65. The van der Waals surface area contributed by atoms with Gasteiger partial charge in [0.25, 0.3) is 5.91 Å². The highest BCUT2D eigenvalue weighted by molar-refractivity contribution is 7.89. The zero-order chi connectivity index (χ0) is 19.9. The van der Waals surface area contributed by atoms with Gasteiger partial charge in [-0.3, -0.25) is 4.79 Å². The summed E-state index contributed by atoms with van der Waals surface area (Å²) in [6.45, 7) is 4.02. The Morgan fingerprint density at radius 1 is 1.15 bits per heavy atom. The molecule has 0 unspecified atom stereocenters. The predicted octanol–water partition coefficient (Wildman–Crippen LogP) is 1.69. The van der Waals surface area contributed by atoms with Gasteiger partial charge in [-0.1, -0.05) is 13.8 Å². The summed E-state index contributed by atoms with van der Waals surface area (Å²) in [6, 6.07) is 8.55. The first-order chi connectivity index (χ1) is 12.8. The molecule has 0 atom stereocenters. The number of rotatable bonds is 9. The molecule has 1 aromatic heterocycles. The van der Waals surface area contributed by atoms with Crippen LogP contribution in [0.4, 0.5) is 0 Å². The number of furan rings is 1. The van der Waals surface area contributed by atoms with Gasteiger partial charge in [0.1, 0.15) is 5.76 Å². The molecule has 1 aromatic carbocycles. The lowest BCUT2D eigenvalue weighted by molar-refractivity contribution is -0.124. The van der Waals surface area contributed by atoms with Crippen LogP contribution in [-0.2, 0) is 26.1 Å². The highest BCUT2D eigenvalue weighted by Gasteiger charge is 2.16. The Morgan fingerprint density at radius 2 is 1.85 bits per heavy atom. The van der Waals surface area contributed by atoms with E-state index in [2.05, 4.69) is 10.0 Å². The number of esters is 1. The maximum Gasteiger partial charge on any atom is 0.338 e. The summed E-state index contributed by atoms with van der Waals surface area (Å²) in [5.41, 5.74) is 0.150. The third kappa shape index (κ3) is 6.54. The Kier molecular flexibility index (Phi) is 7.14. The van der Waals surface area contributed by atoms with E-state index in [4.69, 9.17) is 9.15 Å². The van der Waals surface area contributed by atoms with Crippen LogP contribution in [0.1, 0.15) is 30.0 Å². The molecule has 2 aromatic rings. The predicted molar refractivity (Wildman–Crippen MR) is 97.3 cm³/mol.